The van der Waals surface area contributed by atoms with Gasteiger partial charge in [0.15, 0.2) is 4.90 Å². The highest BCUT2D eigenvalue weighted by atomic mass is 32.2. The van der Waals surface area contributed by atoms with E-state index in [-0.39, 0.29) is 5.41 Å². The molecular weight excluding hydrogens is 508 g/mol. The maximum absolute atomic E-state index is 13.3. The average molecular weight is 547 g/mol. The minimum absolute atomic E-state index is 0.263. The van der Waals surface area contributed by atoms with Crippen LogP contribution in [0.5, 0.6) is 5.88 Å². The molecule has 6 rings (SSSR count). The van der Waals surface area contributed by atoms with Gasteiger partial charge in [0.05, 0.1) is 25.5 Å². The van der Waals surface area contributed by atoms with Crippen LogP contribution in [0.3, 0.4) is 0 Å². The van der Waals surface area contributed by atoms with Crippen LogP contribution in [-0.4, -0.2) is 58.9 Å². The second kappa shape index (κ2) is 11.1. The van der Waals surface area contributed by atoms with Crippen molar-refractivity contribution < 1.29 is 14.0 Å². The number of aromatic nitrogens is 2. The van der Waals surface area contributed by atoms with Crippen molar-refractivity contribution in [3.05, 3.63) is 65.2 Å². The number of hydrogen-bond acceptors (Lipinski definition) is 7. The molecule has 2 saturated heterocycles. The summed E-state index contributed by atoms with van der Waals surface area (Å²) in [6.07, 6.45) is 3.21. The highest BCUT2D eigenvalue weighted by Gasteiger charge is 2.38. The van der Waals surface area contributed by atoms with Crippen molar-refractivity contribution in [3.8, 4) is 17.1 Å². The molecule has 2 fully saturated rings. The Balaban J connectivity index is 1.34. The summed E-state index contributed by atoms with van der Waals surface area (Å²) >= 11 is -1.48. The van der Waals surface area contributed by atoms with E-state index in [1.165, 1.54) is 5.56 Å². The van der Waals surface area contributed by atoms with Crippen molar-refractivity contribution in [3.63, 3.8) is 0 Å². The number of fused-ring (bicyclic) bond motifs is 5. The molecule has 39 heavy (non-hydrogen) atoms. The number of aryl methyl sites for hydroxylation is 3. The number of benzene rings is 2. The van der Waals surface area contributed by atoms with Gasteiger partial charge in [0.25, 0.3) is 5.95 Å². The Morgan fingerprint density at radius 2 is 1.85 bits per heavy atom. The zero-order valence-corrected chi connectivity index (χ0v) is 23.9. The Labute approximate surface area is 234 Å². The third-order valence-corrected chi connectivity index (χ3v) is 9.52. The molecule has 1 aromatic heterocycles. The van der Waals surface area contributed by atoms with E-state index in [0.29, 0.717) is 30.3 Å². The second-order valence-corrected chi connectivity index (χ2v) is 13.1. The summed E-state index contributed by atoms with van der Waals surface area (Å²) in [5.41, 5.74) is 5.57. The van der Waals surface area contributed by atoms with E-state index in [9.17, 15) is 4.55 Å². The molecule has 3 aliphatic heterocycles. The molecule has 3 aromatic rings. The highest BCUT2D eigenvalue weighted by Crippen LogP contribution is 2.35. The Morgan fingerprint density at radius 3 is 2.62 bits per heavy atom. The number of piperidine rings is 1. The van der Waals surface area contributed by atoms with E-state index in [1.54, 1.807) is 0 Å². The predicted octanol–water partition coefficient (Wildman–Crippen LogP) is 5.19. The highest BCUT2D eigenvalue weighted by molar-refractivity contribution is 7.92. The molecule has 7 nitrogen and oxygen atoms in total. The lowest BCUT2D eigenvalue weighted by Crippen LogP contribution is -2.52. The average Bonchev–Trinajstić information content (AvgIpc) is 2.90. The topological polar surface area (TPSA) is 82.6 Å². The molecule has 0 amide bonds. The maximum atomic E-state index is 13.3. The van der Waals surface area contributed by atoms with Crippen LogP contribution in [-0.2, 0) is 22.5 Å². The van der Waals surface area contributed by atoms with Gasteiger partial charge in [-0.2, -0.15) is 9.71 Å². The summed E-state index contributed by atoms with van der Waals surface area (Å²) in [5, 5.41) is 0. The van der Waals surface area contributed by atoms with Gasteiger partial charge in [-0.05, 0) is 74.4 Å². The van der Waals surface area contributed by atoms with Crippen LogP contribution in [0.25, 0.3) is 11.3 Å². The summed E-state index contributed by atoms with van der Waals surface area (Å²) in [7, 11) is 0. The first-order chi connectivity index (χ1) is 18.8. The molecule has 0 aliphatic carbocycles. The van der Waals surface area contributed by atoms with Gasteiger partial charge >= 0.3 is 0 Å². The minimum Gasteiger partial charge on any atom is -0.588 e. The monoisotopic (exact) mass is 546 g/mol. The summed E-state index contributed by atoms with van der Waals surface area (Å²) in [6.45, 7) is 12.0. The summed E-state index contributed by atoms with van der Waals surface area (Å²) in [5.74, 6) is 1.79. The lowest BCUT2D eigenvalue weighted by Gasteiger charge is -2.45. The number of nitrogens with zero attached hydrogens (tertiary/aromatic N) is 3. The largest absolute Gasteiger partial charge is 0.588 e. The third-order valence-electron chi connectivity index (χ3n) is 8.47. The number of rotatable bonds is 3. The van der Waals surface area contributed by atoms with Gasteiger partial charge in [-0.1, -0.05) is 37.3 Å². The number of likely N-dealkylation sites (tertiary alicyclic amines) is 1. The summed E-state index contributed by atoms with van der Waals surface area (Å²) in [4.78, 5) is 12.8. The fourth-order valence-corrected chi connectivity index (χ4v) is 7.18. The fourth-order valence-electron chi connectivity index (χ4n) is 6.34. The molecule has 4 heterocycles. The van der Waals surface area contributed by atoms with E-state index in [2.05, 4.69) is 65.7 Å². The van der Waals surface area contributed by atoms with E-state index < -0.39 is 11.4 Å². The molecule has 3 atom stereocenters. The molecule has 1 N–H and O–H groups in total. The molecule has 4 bridgehead atoms. The Hall–Kier alpha value is -2.65. The number of nitrogens with one attached hydrogen (secondary N) is 1. The molecule has 0 saturated carbocycles. The standard InChI is InChI=1S/C31H38N4O3S/c1-21-6-4-7-22(2)29(21)27-15-28-33-30(32-27)34-39(36)26-9-5-8-23(14-26)10-11-24-12-13-35(16-25(24)17-38-28)18-31(3)19-37-20-31/h4-9,14-15,24-25H,10-13,16-20H2,1-3H3,(H,32,33,34)/t24?,25-,39?/m1/s1. The first kappa shape index (κ1) is 26.6. The second-order valence-electron chi connectivity index (χ2n) is 11.9. The number of ether oxygens (including phenoxy) is 2. The molecule has 3 aliphatic rings. The molecule has 0 radical (unpaired) electrons. The summed E-state index contributed by atoms with van der Waals surface area (Å²) < 4.78 is 28.3. The van der Waals surface area contributed by atoms with Crippen molar-refractivity contribution in [1.29, 1.82) is 0 Å². The van der Waals surface area contributed by atoms with E-state index in [1.807, 2.05) is 18.2 Å². The third kappa shape index (κ3) is 5.94. The van der Waals surface area contributed by atoms with Crippen LogP contribution in [0.4, 0.5) is 5.95 Å². The maximum Gasteiger partial charge on any atom is 0.269 e. The quantitative estimate of drug-likeness (QED) is 0.453. The Bertz CT molecular complexity index is 1310. The van der Waals surface area contributed by atoms with Crippen LogP contribution >= 0.6 is 0 Å². The molecule has 0 spiro atoms. The number of hydrogen-bond donors (Lipinski definition) is 1. The normalized spacial score (nSPS) is 24.9. The number of anilines is 1. The zero-order valence-electron chi connectivity index (χ0n) is 23.1. The lowest BCUT2D eigenvalue weighted by atomic mass is 9.80. The van der Waals surface area contributed by atoms with Gasteiger partial charge in [-0.15, -0.1) is 0 Å². The molecule has 2 aromatic carbocycles. The zero-order chi connectivity index (χ0) is 27.0. The van der Waals surface area contributed by atoms with Crippen LogP contribution < -0.4 is 9.46 Å². The minimum atomic E-state index is -1.48. The van der Waals surface area contributed by atoms with Crippen molar-refractivity contribution in [2.45, 2.75) is 44.9 Å². The Morgan fingerprint density at radius 1 is 1.05 bits per heavy atom. The lowest BCUT2D eigenvalue weighted by molar-refractivity contribution is -0.120. The smallest absolute Gasteiger partial charge is 0.269 e. The molecule has 8 heteroatoms. The van der Waals surface area contributed by atoms with Crippen molar-refractivity contribution in [2.24, 2.45) is 17.3 Å². The first-order valence-electron chi connectivity index (χ1n) is 14.0. The fraction of sp³-hybridized carbons (Fsp3) is 0.484. The van der Waals surface area contributed by atoms with Gasteiger partial charge in [0, 0.05) is 36.1 Å². The van der Waals surface area contributed by atoms with Crippen molar-refractivity contribution in [2.75, 3.05) is 44.2 Å². The van der Waals surface area contributed by atoms with E-state index >= 15 is 0 Å². The van der Waals surface area contributed by atoms with Crippen molar-refractivity contribution >= 4 is 17.3 Å². The van der Waals surface area contributed by atoms with E-state index in [0.717, 1.165) is 79.4 Å². The van der Waals surface area contributed by atoms with Gasteiger partial charge in [-0.3, -0.25) is 0 Å². The van der Waals surface area contributed by atoms with Crippen LogP contribution in [0, 0.1) is 31.1 Å². The van der Waals surface area contributed by atoms with Crippen molar-refractivity contribution in [1.82, 2.24) is 14.9 Å². The predicted molar refractivity (Wildman–Crippen MR) is 154 cm³/mol. The van der Waals surface area contributed by atoms with Gasteiger partial charge in [0.1, 0.15) is 11.4 Å². The Kier molecular flexibility index (Phi) is 7.55. The van der Waals surface area contributed by atoms with Crippen LogP contribution in [0.15, 0.2) is 53.4 Å². The van der Waals surface area contributed by atoms with Crippen LogP contribution in [0.1, 0.15) is 36.5 Å². The summed E-state index contributed by atoms with van der Waals surface area (Å²) in [6, 6.07) is 16.3. The SMILES string of the molecule is Cc1cccc(C)c1-c1cc2nc(n1)N[S+]([O-])c1cccc(c1)CCC1CCN(CC3(C)COC3)C[C@@H]1CO2. The molecule has 2 unspecified atom stereocenters. The first-order valence-corrected chi connectivity index (χ1v) is 15.2. The van der Waals surface area contributed by atoms with Crippen LogP contribution in [0.2, 0.25) is 0 Å². The molecule has 206 valence electrons. The van der Waals surface area contributed by atoms with E-state index in [4.69, 9.17) is 14.5 Å². The van der Waals surface area contributed by atoms with Gasteiger partial charge in [-0.25, -0.2) is 4.98 Å². The van der Waals surface area contributed by atoms with Gasteiger partial charge in [0.2, 0.25) is 5.88 Å². The van der Waals surface area contributed by atoms with Gasteiger partial charge < -0.3 is 18.9 Å². The molecular formula is C31H38N4O3S.